The van der Waals surface area contributed by atoms with Gasteiger partial charge in [-0.25, -0.2) is 0 Å². The van der Waals surface area contributed by atoms with E-state index in [-0.39, 0.29) is 0 Å². The standard InChI is InChI=1S/C30H32/c1-23-8-12-25(13-9-23)16-17-27-19-21-29(20-18-26-14-10-24(2)11-15-26)30(22-27)28-6-4-3-5-7-28/h8-15,19,21-22,28H,3-7,18,20H2,1-2H3. The lowest BCUT2D eigenvalue weighted by Gasteiger charge is -2.25. The van der Waals surface area contributed by atoms with Crippen molar-refractivity contribution in [2.45, 2.75) is 64.7 Å². The van der Waals surface area contributed by atoms with Gasteiger partial charge < -0.3 is 0 Å². The van der Waals surface area contributed by atoms with Crippen molar-refractivity contribution in [2.24, 2.45) is 0 Å². The highest BCUT2D eigenvalue weighted by molar-refractivity contribution is 5.47. The summed E-state index contributed by atoms with van der Waals surface area (Å²) in [4.78, 5) is 0. The van der Waals surface area contributed by atoms with E-state index >= 15 is 0 Å². The van der Waals surface area contributed by atoms with Crippen LogP contribution in [0.25, 0.3) is 0 Å². The molecule has 3 aromatic rings. The molecule has 0 heteroatoms. The van der Waals surface area contributed by atoms with Gasteiger partial charge in [0.05, 0.1) is 0 Å². The topological polar surface area (TPSA) is 0 Å². The van der Waals surface area contributed by atoms with Gasteiger partial charge in [-0.3, -0.25) is 0 Å². The van der Waals surface area contributed by atoms with Crippen LogP contribution in [0.5, 0.6) is 0 Å². The molecule has 0 aromatic heterocycles. The maximum Gasteiger partial charge on any atom is 0.0252 e. The Kier molecular flexibility index (Phi) is 6.70. The Hall–Kier alpha value is -2.78. The zero-order valence-electron chi connectivity index (χ0n) is 18.4. The first kappa shape index (κ1) is 20.5. The molecule has 152 valence electrons. The summed E-state index contributed by atoms with van der Waals surface area (Å²) in [6, 6.07) is 24.4. The van der Waals surface area contributed by atoms with Crippen LogP contribution in [0, 0.1) is 25.7 Å². The summed E-state index contributed by atoms with van der Waals surface area (Å²) >= 11 is 0. The molecule has 1 aliphatic rings. The Bertz CT molecular complexity index is 1020. The number of rotatable bonds is 4. The third-order valence-corrected chi connectivity index (χ3v) is 6.40. The van der Waals surface area contributed by atoms with E-state index in [9.17, 15) is 0 Å². The van der Waals surface area contributed by atoms with E-state index in [1.54, 1.807) is 5.56 Å². The van der Waals surface area contributed by atoms with E-state index in [1.807, 2.05) is 0 Å². The van der Waals surface area contributed by atoms with Crippen LogP contribution in [0.1, 0.15) is 77.0 Å². The number of aryl methyl sites for hydroxylation is 4. The van der Waals surface area contributed by atoms with Crippen molar-refractivity contribution < 1.29 is 0 Å². The van der Waals surface area contributed by atoms with Crippen molar-refractivity contribution in [1.82, 2.24) is 0 Å². The zero-order valence-corrected chi connectivity index (χ0v) is 18.4. The average Bonchev–Trinajstić information content (AvgIpc) is 2.79. The number of benzene rings is 3. The molecule has 0 aliphatic heterocycles. The predicted octanol–water partition coefficient (Wildman–Crippen LogP) is 7.54. The first-order valence-electron chi connectivity index (χ1n) is 11.4. The van der Waals surface area contributed by atoms with Gasteiger partial charge in [-0.2, -0.15) is 0 Å². The van der Waals surface area contributed by atoms with Gasteiger partial charge in [0, 0.05) is 11.1 Å². The van der Waals surface area contributed by atoms with E-state index in [0.717, 1.165) is 24.0 Å². The van der Waals surface area contributed by atoms with Gasteiger partial charge in [-0.05, 0) is 86.4 Å². The van der Waals surface area contributed by atoms with Crippen molar-refractivity contribution in [2.75, 3.05) is 0 Å². The predicted molar refractivity (Wildman–Crippen MR) is 128 cm³/mol. The molecule has 4 rings (SSSR count). The Balaban J connectivity index is 1.57. The lowest BCUT2D eigenvalue weighted by molar-refractivity contribution is 0.441. The maximum atomic E-state index is 3.42. The molecule has 0 spiro atoms. The molecule has 3 aromatic carbocycles. The monoisotopic (exact) mass is 392 g/mol. The molecular weight excluding hydrogens is 360 g/mol. The molecule has 0 bridgehead atoms. The second-order valence-corrected chi connectivity index (χ2v) is 8.85. The highest BCUT2D eigenvalue weighted by Crippen LogP contribution is 2.35. The van der Waals surface area contributed by atoms with Crippen molar-refractivity contribution in [3.63, 3.8) is 0 Å². The van der Waals surface area contributed by atoms with Crippen molar-refractivity contribution in [3.05, 3.63) is 106 Å². The van der Waals surface area contributed by atoms with Gasteiger partial charge in [0.25, 0.3) is 0 Å². The van der Waals surface area contributed by atoms with Crippen molar-refractivity contribution in [1.29, 1.82) is 0 Å². The Morgan fingerprint density at radius 3 is 1.97 bits per heavy atom. The zero-order chi connectivity index (χ0) is 20.8. The Morgan fingerprint density at radius 2 is 1.27 bits per heavy atom. The summed E-state index contributed by atoms with van der Waals surface area (Å²) in [6.45, 7) is 4.27. The third kappa shape index (κ3) is 5.43. The van der Waals surface area contributed by atoms with Gasteiger partial charge in [0.15, 0.2) is 0 Å². The fourth-order valence-electron chi connectivity index (χ4n) is 4.51. The average molecular weight is 393 g/mol. The molecule has 0 amide bonds. The molecule has 1 saturated carbocycles. The fourth-order valence-corrected chi connectivity index (χ4v) is 4.51. The minimum absolute atomic E-state index is 0.702. The smallest absolute Gasteiger partial charge is 0.0252 e. The second-order valence-electron chi connectivity index (χ2n) is 8.85. The SMILES string of the molecule is Cc1ccc(C#Cc2ccc(CCc3ccc(C)cc3)c(C3CCCCC3)c2)cc1. The van der Waals surface area contributed by atoms with Crippen molar-refractivity contribution in [3.8, 4) is 11.8 Å². The fraction of sp³-hybridized carbons (Fsp3) is 0.333. The third-order valence-electron chi connectivity index (χ3n) is 6.40. The lowest BCUT2D eigenvalue weighted by Crippen LogP contribution is -2.08. The first-order chi connectivity index (χ1) is 14.7. The molecule has 0 radical (unpaired) electrons. The molecule has 30 heavy (non-hydrogen) atoms. The van der Waals surface area contributed by atoms with E-state index < -0.39 is 0 Å². The van der Waals surface area contributed by atoms with Crippen LogP contribution >= 0.6 is 0 Å². The Labute approximate surface area is 182 Å². The van der Waals surface area contributed by atoms with Gasteiger partial charge in [-0.15, -0.1) is 0 Å². The molecule has 1 aliphatic carbocycles. The second kappa shape index (κ2) is 9.82. The van der Waals surface area contributed by atoms with Crippen LogP contribution < -0.4 is 0 Å². The molecular formula is C30H32. The first-order valence-corrected chi connectivity index (χ1v) is 11.4. The van der Waals surface area contributed by atoms with Crippen LogP contribution in [0.2, 0.25) is 0 Å². The summed E-state index contributed by atoms with van der Waals surface area (Å²) in [6.07, 6.45) is 8.98. The van der Waals surface area contributed by atoms with Gasteiger partial charge in [0.1, 0.15) is 0 Å². The molecule has 0 N–H and O–H groups in total. The summed E-state index contributed by atoms with van der Waals surface area (Å²) in [5.41, 5.74) is 9.34. The van der Waals surface area contributed by atoms with Crippen molar-refractivity contribution >= 4 is 0 Å². The highest BCUT2D eigenvalue weighted by Gasteiger charge is 2.18. The van der Waals surface area contributed by atoms with E-state index in [4.69, 9.17) is 0 Å². The molecule has 0 saturated heterocycles. The van der Waals surface area contributed by atoms with Gasteiger partial charge >= 0.3 is 0 Å². The van der Waals surface area contributed by atoms with Gasteiger partial charge in [-0.1, -0.05) is 84.7 Å². The largest absolute Gasteiger partial charge is 0.0617 e. The van der Waals surface area contributed by atoms with Crippen LogP contribution in [0.15, 0.2) is 66.7 Å². The van der Waals surface area contributed by atoms with Crippen LogP contribution in [-0.4, -0.2) is 0 Å². The quantitative estimate of drug-likeness (QED) is 0.402. The van der Waals surface area contributed by atoms with Crippen LogP contribution in [-0.2, 0) is 12.8 Å². The van der Waals surface area contributed by atoms with Crippen LogP contribution in [0.3, 0.4) is 0 Å². The van der Waals surface area contributed by atoms with Crippen LogP contribution in [0.4, 0.5) is 0 Å². The number of hydrogen-bond acceptors (Lipinski definition) is 0. The highest BCUT2D eigenvalue weighted by atomic mass is 14.2. The molecule has 0 atom stereocenters. The number of hydrogen-bond donors (Lipinski definition) is 0. The maximum absolute atomic E-state index is 3.42. The minimum Gasteiger partial charge on any atom is -0.0617 e. The summed E-state index contributed by atoms with van der Waals surface area (Å²) in [5, 5.41) is 0. The molecule has 1 fully saturated rings. The Morgan fingerprint density at radius 1 is 0.667 bits per heavy atom. The van der Waals surface area contributed by atoms with E-state index in [1.165, 1.54) is 54.4 Å². The normalized spacial score (nSPS) is 14.2. The summed E-state index contributed by atoms with van der Waals surface area (Å²) < 4.78 is 0. The lowest BCUT2D eigenvalue weighted by atomic mass is 9.80. The molecule has 0 heterocycles. The molecule has 0 nitrogen and oxygen atoms in total. The molecule has 0 unspecified atom stereocenters. The van der Waals surface area contributed by atoms with E-state index in [0.29, 0.717) is 5.92 Å². The van der Waals surface area contributed by atoms with Gasteiger partial charge in [0.2, 0.25) is 0 Å². The minimum atomic E-state index is 0.702. The van der Waals surface area contributed by atoms with E-state index in [2.05, 4.69) is 92.4 Å². The summed E-state index contributed by atoms with van der Waals surface area (Å²) in [7, 11) is 0. The summed E-state index contributed by atoms with van der Waals surface area (Å²) in [5.74, 6) is 7.47.